The van der Waals surface area contributed by atoms with E-state index in [1.165, 1.54) is 0 Å². The summed E-state index contributed by atoms with van der Waals surface area (Å²) in [7, 11) is 0. The minimum atomic E-state index is -1.63. The van der Waals surface area contributed by atoms with Gasteiger partial charge in [-0.1, -0.05) is 24.3 Å². The SMILES string of the molecule is O=C(N[C@@H]1CCCc2ccccc21)c1ccc(F)c(F)c1F. The first kappa shape index (κ1) is 14.6. The zero-order valence-electron chi connectivity index (χ0n) is 11.7. The summed E-state index contributed by atoms with van der Waals surface area (Å²) in [5.74, 6) is -5.13. The molecule has 0 aromatic heterocycles. The van der Waals surface area contributed by atoms with Crippen molar-refractivity contribution in [3.63, 3.8) is 0 Å². The number of aryl methyl sites for hydroxylation is 1. The van der Waals surface area contributed by atoms with E-state index in [0.29, 0.717) is 0 Å². The number of carbonyl (C=O) groups excluding carboxylic acids is 1. The zero-order chi connectivity index (χ0) is 15.7. The van der Waals surface area contributed by atoms with Crippen LogP contribution in [0.4, 0.5) is 13.2 Å². The molecule has 0 aliphatic heterocycles. The van der Waals surface area contributed by atoms with E-state index < -0.39 is 28.9 Å². The lowest BCUT2D eigenvalue weighted by atomic mass is 9.87. The van der Waals surface area contributed by atoms with Crippen molar-refractivity contribution in [2.45, 2.75) is 25.3 Å². The van der Waals surface area contributed by atoms with Gasteiger partial charge in [-0.25, -0.2) is 13.2 Å². The minimum absolute atomic E-state index is 0.245. The molecule has 1 N–H and O–H groups in total. The van der Waals surface area contributed by atoms with Crippen molar-refractivity contribution in [2.24, 2.45) is 0 Å². The van der Waals surface area contributed by atoms with Crippen molar-refractivity contribution in [3.05, 3.63) is 70.5 Å². The molecule has 114 valence electrons. The number of carbonyl (C=O) groups is 1. The number of fused-ring (bicyclic) bond motifs is 1. The number of amides is 1. The largest absolute Gasteiger partial charge is 0.345 e. The maximum atomic E-state index is 13.7. The second-order valence-electron chi connectivity index (χ2n) is 5.34. The maximum absolute atomic E-state index is 13.7. The van der Waals surface area contributed by atoms with E-state index in [1.807, 2.05) is 24.3 Å². The molecule has 1 aliphatic carbocycles. The molecule has 2 nitrogen and oxygen atoms in total. The topological polar surface area (TPSA) is 29.1 Å². The van der Waals surface area contributed by atoms with Crippen molar-refractivity contribution in [1.29, 1.82) is 0 Å². The smallest absolute Gasteiger partial charge is 0.254 e. The molecule has 0 saturated carbocycles. The Morgan fingerprint density at radius 2 is 1.82 bits per heavy atom. The predicted octanol–water partition coefficient (Wildman–Crippen LogP) is 3.91. The highest BCUT2D eigenvalue weighted by molar-refractivity contribution is 5.94. The van der Waals surface area contributed by atoms with E-state index in [4.69, 9.17) is 0 Å². The lowest BCUT2D eigenvalue weighted by Gasteiger charge is -2.26. The summed E-state index contributed by atoms with van der Waals surface area (Å²) < 4.78 is 39.9. The van der Waals surface area contributed by atoms with Crippen molar-refractivity contribution >= 4 is 5.91 Å². The molecule has 1 aliphatic rings. The summed E-state index contributed by atoms with van der Waals surface area (Å²) in [6, 6.07) is 9.18. The highest BCUT2D eigenvalue weighted by atomic mass is 19.2. The van der Waals surface area contributed by atoms with Crippen LogP contribution in [0.15, 0.2) is 36.4 Å². The molecule has 0 bridgehead atoms. The molecule has 22 heavy (non-hydrogen) atoms. The number of nitrogens with one attached hydrogen (secondary N) is 1. The number of hydrogen-bond donors (Lipinski definition) is 1. The highest BCUT2D eigenvalue weighted by Crippen LogP contribution is 2.29. The Kier molecular flexibility index (Phi) is 3.88. The molecule has 5 heteroatoms. The molecule has 0 fully saturated rings. The quantitative estimate of drug-likeness (QED) is 0.837. The Balaban J connectivity index is 1.86. The van der Waals surface area contributed by atoms with E-state index in [2.05, 4.69) is 5.32 Å². The van der Waals surface area contributed by atoms with Crippen LogP contribution < -0.4 is 5.32 Å². The van der Waals surface area contributed by atoms with Crippen molar-refractivity contribution < 1.29 is 18.0 Å². The lowest BCUT2D eigenvalue weighted by Crippen LogP contribution is -2.31. The van der Waals surface area contributed by atoms with Crippen LogP contribution in [0.2, 0.25) is 0 Å². The molecule has 2 aromatic carbocycles. The highest BCUT2D eigenvalue weighted by Gasteiger charge is 2.24. The molecular weight excluding hydrogens is 291 g/mol. The van der Waals surface area contributed by atoms with Gasteiger partial charge in [0.1, 0.15) is 0 Å². The fourth-order valence-corrected chi connectivity index (χ4v) is 2.84. The molecule has 0 spiro atoms. The van der Waals surface area contributed by atoms with Gasteiger partial charge in [-0.15, -0.1) is 0 Å². The standard InChI is InChI=1S/C17H14F3NO/c18-13-9-8-12(15(19)16(13)20)17(22)21-14-7-3-5-10-4-1-2-6-11(10)14/h1-2,4,6,8-9,14H,3,5,7H2,(H,21,22)/t14-/m1/s1. The van der Waals surface area contributed by atoms with Gasteiger partial charge in [0.15, 0.2) is 17.5 Å². The van der Waals surface area contributed by atoms with Crippen molar-refractivity contribution in [1.82, 2.24) is 5.32 Å². The maximum Gasteiger partial charge on any atom is 0.254 e. The van der Waals surface area contributed by atoms with Gasteiger partial charge < -0.3 is 5.32 Å². The summed E-state index contributed by atoms with van der Waals surface area (Å²) in [6.45, 7) is 0. The first-order valence-electron chi connectivity index (χ1n) is 7.10. The van der Waals surface area contributed by atoms with Gasteiger partial charge in [-0.05, 0) is 42.5 Å². The molecule has 0 unspecified atom stereocenters. The molecule has 1 amide bonds. The zero-order valence-corrected chi connectivity index (χ0v) is 11.7. The average molecular weight is 305 g/mol. The van der Waals surface area contributed by atoms with Gasteiger partial charge in [-0.2, -0.15) is 0 Å². The van der Waals surface area contributed by atoms with Crippen LogP contribution in [0.25, 0.3) is 0 Å². The second kappa shape index (κ2) is 5.83. The first-order valence-corrected chi connectivity index (χ1v) is 7.10. The number of hydrogen-bond acceptors (Lipinski definition) is 1. The number of halogens is 3. The normalized spacial score (nSPS) is 17.0. The minimum Gasteiger partial charge on any atom is -0.345 e. The van der Waals surface area contributed by atoms with Crippen LogP contribution in [-0.4, -0.2) is 5.91 Å². The monoisotopic (exact) mass is 305 g/mol. The summed E-state index contributed by atoms with van der Waals surface area (Å²) in [6.07, 6.45) is 2.57. The van der Waals surface area contributed by atoms with Gasteiger partial charge in [0, 0.05) is 0 Å². The van der Waals surface area contributed by atoms with E-state index in [0.717, 1.165) is 42.5 Å². The molecule has 2 aromatic rings. The fourth-order valence-electron chi connectivity index (χ4n) is 2.84. The van der Waals surface area contributed by atoms with Crippen LogP contribution in [0.5, 0.6) is 0 Å². The molecule has 1 atom stereocenters. The van der Waals surface area contributed by atoms with E-state index >= 15 is 0 Å². The molecule has 0 radical (unpaired) electrons. The van der Waals surface area contributed by atoms with Gasteiger partial charge in [-0.3, -0.25) is 4.79 Å². The predicted molar refractivity (Wildman–Crippen MR) is 75.9 cm³/mol. The van der Waals surface area contributed by atoms with E-state index in [9.17, 15) is 18.0 Å². The Hall–Kier alpha value is -2.30. The third kappa shape index (κ3) is 2.58. The lowest BCUT2D eigenvalue weighted by molar-refractivity contribution is 0.0927. The summed E-state index contributed by atoms with van der Waals surface area (Å²) in [5, 5.41) is 2.71. The van der Waals surface area contributed by atoms with Gasteiger partial charge in [0.05, 0.1) is 11.6 Å². The van der Waals surface area contributed by atoms with E-state index in [-0.39, 0.29) is 6.04 Å². The Labute approximate surface area is 126 Å². The van der Waals surface area contributed by atoms with Crippen LogP contribution >= 0.6 is 0 Å². The Morgan fingerprint density at radius 3 is 2.64 bits per heavy atom. The Bertz CT molecular complexity index is 730. The number of benzene rings is 2. The Morgan fingerprint density at radius 1 is 1.05 bits per heavy atom. The van der Waals surface area contributed by atoms with Crippen molar-refractivity contribution in [2.75, 3.05) is 0 Å². The molecular formula is C17H14F3NO. The summed E-state index contributed by atoms with van der Waals surface area (Å²) in [5.41, 5.74) is 1.65. The van der Waals surface area contributed by atoms with Crippen LogP contribution in [0.1, 0.15) is 40.4 Å². The first-order chi connectivity index (χ1) is 10.6. The summed E-state index contributed by atoms with van der Waals surface area (Å²) in [4.78, 5) is 12.2. The molecule has 0 heterocycles. The second-order valence-corrected chi connectivity index (χ2v) is 5.34. The van der Waals surface area contributed by atoms with Crippen LogP contribution in [-0.2, 0) is 6.42 Å². The molecule has 0 saturated heterocycles. The van der Waals surface area contributed by atoms with Crippen molar-refractivity contribution in [3.8, 4) is 0 Å². The number of rotatable bonds is 2. The van der Waals surface area contributed by atoms with Gasteiger partial charge in [0.2, 0.25) is 0 Å². The summed E-state index contributed by atoms with van der Waals surface area (Å²) >= 11 is 0. The van der Waals surface area contributed by atoms with Gasteiger partial charge in [0.25, 0.3) is 5.91 Å². The molecule has 3 rings (SSSR count). The van der Waals surface area contributed by atoms with Gasteiger partial charge >= 0.3 is 0 Å². The van der Waals surface area contributed by atoms with Crippen LogP contribution in [0.3, 0.4) is 0 Å². The third-order valence-corrected chi connectivity index (χ3v) is 3.95. The third-order valence-electron chi connectivity index (χ3n) is 3.95. The average Bonchev–Trinajstić information content (AvgIpc) is 2.53. The fraction of sp³-hybridized carbons (Fsp3) is 0.235. The van der Waals surface area contributed by atoms with E-state index in [1.54, 1.807) is 0 Å². The van der Waals surface area contributed by atoms with Crippen LogP contribution in [0, 0.1) is 17.5 Å².